The predicted octanol–water partition coefficient (Wildman–Crippen LogP) is 1.02. The number of hydrogen-bond acceptors (Lipinski definition) is 4. The van der Waals surface area contributed by atoms with Gasteiger partial charge in [0.25, 0.3) is 0 Å². The highest BCUT2D eigenvalue weighted by Crippen LogP contribution is 2.20. The van der Waals surface area contributed by atoms with Crippen LogP contribution in [-0.2, 0) is 10.0 Å². The number of benzene rings is 1. The first-order chi connectivity index (χ1) is 7.48. The Balaban J connectivity index is 2.87. The number of thioether (sulfide) groups is 1. The molecule has 0 fully saturated rings. The van der Waals surface area contributed by atoms with Crippen LogP contribution in [0.1, 0.15) is 0 Å². The van der Waals surface area contributed by atoms with Gasteiger partial charge in [-0.05, 0) is 24.3 Å². The van der Waals surface area contributed by atoms with Crippen LogP contribution < -0.4 is 0 Å². The SMILES string of the molecule is CN(C)S(=O)(=O)c1ccc(SCCO)cc1. The molecule has 1 N–H and O–H groups in total. The second-order valence-corrected chi connectivity index (χ2v) is 6.65. The summed E-state index contributed by atoms with van der Waals surface area (Å²) in [7, 11) is -0.332. The zero-order chi connectivity index (χ0) is 12.2. The van der Waals surface area contributed by atoms with Gasteiger partial charge in [0.15, 0.2) is 0 Å². The van der Waals surface area contributed by atoms with Crippen molar-refractivity contribution in [3.05, 3.63) is 24.3 Å². The van der Waals surface area contributed by atoms with Crippen LogP contribution >= 0.6 is 11.8 Å². The van der Waals surface area contributed by atoms with Gasteiger partial charge in [0.1, 0.15) is 0 Å². The first-order valence-electron chi connectivity index (χ1n) is 4.74. The van der Waals surface area contributed by atoms with Gasteiger partial charge in [0, 0.05) is 24.7 Å². The molecule has 16 heavy (non-hydrogen) atoms. The smallest absolute Gasteiger partial charge is 0.242 e. The Hall–Kier alpha value is -0.560. The Morgan fingerprint density at radius 2 is 1.81 bits per heavy atom. The van der Waals surface area contributed by atoms with E-state index in [1.807, 2.05) is 0 Å². The third-order valence-electron chi connectivity index (χ3n) is 1.96. The highest BCUT2D eigenvalue weighted by Gasteiger charge is 2.16. The molecule has 0 radical (unpaired) electrons. The van der Waals surface area contributed by atoms with Gasteiger partial charge in [-0.2, -0.15) is 0 Å². The number of hydrogen-bond donors (Lipinski definition) is 1. The molecule has 0 amide bonds. The lowest BCUT2D eigenvalue weighted by Gasteiger charge is -2.11. The van der Waals surface area contributed by atoms with Crippen LogP contribution in [0, 0.1) is 0 Å². The van der Waals surface area contributed by atoms with Gasteiger partial charge >= 0.3 is 0 Å². The average Bonchev–Trinajstić information content (AvgIpc) is 2.26. The van der Waals surface area contributed by atoms with Crippen molar-refractivity contribution < 1.29 is 13.5 Å². The maximum Gasteiger partial charge on any atom is 0.242 e. The molecule has 0 atom stereocenters. The number of sulfonamides is 1. The fraction of sp³-hybridized carbons (Fsp3) is 0.400. The van der Waals surface area contributed by atoms with Crippen molar-refractivity contribution in [2.24, 2.45) is 0 Å². The van der Waals surface area contributed by atoms with E-state index in [4.69, 9.17) is 5.11 Å². The second kappa shape index (κ2) is 5.67. The van der Waals surface area contributed by atoms with E-state index in [9.17, 15) is 8.42 Å². The van der Waals surface area contributed by atoms with Gasteiger partial charge < -0.3 is 5.11 Å². The van der Waals surface area contributed by atoms with E-state index in [0.29, 0.717) is 5.75 Å². The summed E-state index contributed by atoms with van der Waals surface area (Å²) in [5, 5.41) is 8.66. The molecule has 6 heteroatoms. The van der Waals surface area contributed by atoms with Crippen molar-refractivity contribution in [2.75, 3.05) is 26.5 Å². The number of rotatable bonds is 5. The lowest BCUT2D eigenvalue weighted by molar-refractivity contribution is 0.322. The third-order valence-corrected chi connectivity index (χ3v) is 4.78. The van der Waals surface area contributed by atoms with Gasteiger partial charge in [-0.15, -0.1) is 11.8 Å². The van der Waals surface area contributed by atoms with Crippen LogP contribution in [-0.4, -0.2) is 44.3 Å². The quantitative estimate of drug-likeness (QED) is 0.804. The Morgan fingerprint density at radius 1 is 1.25 bits per heavy atom. The normalized spacial score (nSPS) is 12.0. The van der Waals surface area contributed by atoms with Crippen molar-refractivity contribution in [1.82, 2.24) is 4.31 Å². The minimum Gasteiger partial charge on any atom is -0.396 e. The summed E-state index contributed by atoms with van der Waals surface area (Å²) in [6.07, 6.45) is 0. The zero-order valence-electron chi connectivity index (χ0n) is 9.25. The highest BCUT2D eigenvalue weighted by atomic mass is 32.2. The first-order valence-corrected chi connectivity index (χ1v) is 7.17. The molecular formula is C10H15NO3S2. The average molecular weight is 261 g/mol. The molecular weight excluding hydrogens is 246 g/mol. The summed E-state index contributed by atoms with van der Waals surface area (Å²) in [5.74, 6) is 0.611. The molecule has 0 saturated carbocycles. The van der Waals surface area contributed by atoms with Crippen LogP contribution in [0.15, 0.2) is 34.1 Å². The van der Waals surface area contributed by atoms with Crippen molar-refractivity contribution in [2.45, 2.75) is 9.79 Å². The van der Waals surface area contributed by atoms with Gasteiger partial charge in [-0.25, -0.2) is 12.7 Å². The zero-order valence-corrected chi connectivity index (χ0v) is 10.9. The summed E-state index contributed by atoms with van der Waals surface area (Å²) in [4.78, 5) is 1.23. The van der Waals surface area contributed by atoms with Gasteiger partial charge in [0.2, 0.25) is 10.0 Å². The van der Waals surface area contributed by atoms with E-state index in [2.05, 4.69) is 0 Å². The minimum absolute atomic E-state index is 0.114. The van der Waals surface area contributed by atoms with Crippen molar-refractivity contribution in [3.8, 4) is 0 Å². The van der Waals surface area contributed by atoms with E-state index >= 15 is 0 Å². The van der Waals surface area contributed by atoms with E-state index < -0.39 is 10.0 Å². The third kappa shape index (κ3) is 3.21. The molecule has 0 bridgehead atoms. The standard InChI is InChI=1S/C10H15NO3S2/c1-11(2)16(13,14)10-5-3-9(4-6-10)15-8-7-12/h3-6,12H,7-8H2,1-2H3. The molecule has 0 spiro atoms. The molecule has 0 aliphatic heterocycles. The molecule has 0 saturated heterocycles. The van der Waals surface area contributed by atoms with E-state index in [0.717, 1.165) is 4.90 Å². The van der Waals surface area contributed by atoms with Gasteiger partial charge in [-0.3, -0.25) is 0 Å². The molecule has 1 aromatic rings. The molecule has 1 aromatic carbocycles. The van der Waals surface area contributed by atoms with Crippen LogP contribution in [0.25, 0.3) is 0 Å². The molecule has 4 nitrogen and oxygen atoms in total. The van der Waals surface area contributed by atoms with Crippen LogP contribution in [0.5, 0.6) is 0 Å². The fourth-order valence-electron chi connectivity index (χ4n) is 1.08. The van der Waals surface area contributed by atoms with Crippen LogP contribution in [0.2, 0.25) is 0 Å². The minimum atomic E-state index is -3.34. The highest BCUT2D eigenvalue weighted by molar-refractivity contribution is 7.99. The lowest BCUT2D eigenvalue weighted by atomic mass is 10.4. The van der Waals surface area contributed by atoms with Gasteiger partial charge in [-0.1, -0.05) is 0 Å². The lowest BCUT2D eigenvalue weighted by Crippen LogP contribution is -2.22. The van der Waals surface area contributed by atoms with Crippen LogP contribution in [0.4, 0.5) is 0 Å². The Bertz CT molecular complexity index is 426. The maximum absolute atomic E-state index is 11.7. The monoisotopic (exact) mass is 261 g/mol. The fourth-order valence-corrected chi connectivity index (χ4v) is 2.64. The van der Waals surface area contributed by atoms with E-state index in [-0.39, 0.29) is 11.5 Å². The Kier molecular flexibility index (Phi) is 4.79. The summed E-state index contributed by atoms with van der Waals surface area (Å²) < 4.78 is 24.7. The van der Waals surface area contributed by atoms with Gasteiger partial charge in [0.05, 0.1) is 11.5 Å². The first kappa shape index (κ1) is 13.5. The number of aliphatic hydroxyl groups excluding tert-OH is 1. The van der Waals surface area contributed by atoms with E-state index in [1.54, 1.807) is 24.3 Å². The molecule has 1 rings (SSSR count). The molecule has 90 valence electrons. The number of nitrogens with zero attached hydrogens (tertiary/aromatic N) is 1. The Morgan fingerprint density at radius 3 is 2.25 bits per heavy atom. The largest absolute Gasteiger partial charge is 0.396 e. The van der Waals surface area contributed by atoms with Crippen molar-refractivity contribution in [3.63, 3.8) is 0 Å². The second-order valence-electron chi connectivity index (χ2n) is 3.33. The summed E-state index contributed by atoms with van der Waals surface area (Å²) in [6, 6.07) is 6.65. The van der Waals surface area contributed by atoms with Crippen molar-refractivity contribution in [1.29, 1.82) is 0 Å². The van der Waals surface area contributed by atoms with Crippen LogP contribution in [0.3, 0.4) is 0 Å². The Labute approximate surface area is 100 Å². The van der Waals surface area contributed by atoms with Crippen molar-refractivity contribution >= 4 is 21.8 Å². The molecule has 0 unspecified atom stereocenters. The summed E-state index contributed by atoms with van der Waals surface area (Å²) >= 11 is 1.49. The molecule has 0 aromatic heterocycles. The summed E-state index contributed by atoms with van der Waals surface area (Å²) in [5.41, 5.74) is 0. The topological polar surface area (TPSA) is 57.6 Å². The maximum atomic E-state index is 11.7. The molecule has 0 heterocycles. The molecule has 0 aliphatic carbocycles. The predicted molar refractivity (Wildman–Crippen MR) is 65.1 cm³/mol. The van der Waals surface area contributed by atoms with E-state index in [1.165, 1.54) is 30.2 Å². The molecule has 0 aliphatic rings. The number of aliphatic hydroxyl groups is 1. The summed E-state index contributed by atoms with van der Waals surface area (Å²) in [6.45, 7) is 0.114.